The maximum atomic E-state index is 11.8. The standard InChI is InChI=1S/C20H33N5O2.HI/c1-5-27-20(26)25-13-11-17(12-14-25)23-19(21-2)22-15-18(24(3)4)16-9-7-6-8-10-16;/h6-10,17-18H,5,11-15H2,1-4H3,(H2,21,22,23);1H. The topological polar surface area (TPSA) is 69.2 Å². The number of nitrogens with zero attached hydrogens (tertiary/aromatic N) is 3. The van der Waals surface area contributed by atoms with Crippen molar-refractivity contribution in [2.24, 2.45) is 4.99 Å². The zero-order valence-electron chi connectivity index (χ0n) is 17.4. The van der Waals surface area contributed by atoms with Crippen LogP contribution in [0.15, 0.2) is 35.3 Å². The number of likely N-dealkylation sites (N-methyl/N-ethyl adjacent to an activating group) is 1. The third-order valence-electron chi connectivity index (χ3n) is 4.86. The smallest absolute Gasteiger partial charge is 0.409 e. The van der Waals surface area contributed by atoms with Gasteiger partial charge in [-0.05, 0) is 39.4 Å². The summed E-state index contributed by atoms with van der Waals surface area (Å²) in [7, 11) is 5.96. The van der Waals surface area contributed by atoms with E-state index in [1.165, 1.54) is 5.56 Å². The molecule has 1 aromatic rings. The number of hydrogen-bond acceptors (Lipinski definition) is 4. The highest BCUT2D eigenvalue weighted by atomic mass is 127. The highest BCUT2D eigenvalue weighted by Gasteiger charge is 2.24. The van der Waals surface area contributed by atoms with Crippen molar-refractivity contribution in [2.75, 3.05) is 47.4 Å². The van der Waals surface area contributed by atoms with E-state index in [2.05, 4.69) is 58.9 Å². The number of piperidine rings is 1. The normalized spacial score (nSPS) is 16.3. The molecule has 1 aliphatic heterocycles. The predicted octanol–water partition coefficient (Wildman–Crippen LogP) is 2.69. The molecule has 1 saturated heterocycles. The van der Waals surface area contributed by atoms with Gasteiger partial charge in [0, 0.05) is 32.7 Å². The molecule has 1 heterocycles. The Balaban J connectivity index is 0.00000392. The molecule has 1 aromatic carbocycles. The maximum Gasteiger partial charge on any atom is 0.409 e. The minimum absolute atomic E-state index is 0. The number of halogens is 1. The van der Waals surface area contributed by atoms with Crippen LogP contribution in [-0.4, -0.2) is 75.3 Å². The number of amides is 1. The molecule has 0 bridgehead atoms. The van der Waals surface area contributed by atoms with Gasteiger partial charge in [0.25, 0.3) is 0 Å². The van der Waals surface area contributed by atoms with Crippen molar-refractivity contribution in [3.63, 3.8) is 0 Å². The minimum Gasteiger partial charge on any atom is -0.450 e. The van der Waals surface area contributed by atoms with Gasteiger partial charge in [-0.2, -0.15) is 0 Å². The number of carbonyl (C=O) groups excluding carboxylic acids is 1. The molecule has 7 nitrogen and oxygen atoms in total. The predicted molar refractivity (Wildman–Crippen MR) is 124 cm³/mol. The Hall–Kier alpha value is -1.55. The summed E-state index contributed by atoms with van der Waals surface area (Å²) < 4.78 is 5.07. The molecule has 1 fully saturated rings. The third-order valence-corrected chi connectivity index (χ3v) is 4.86. The first-order valence-corrected chi connectivity index (χ1v) is 9.65. The summed E-state index contributed by atoms with van der Waals surface area (Å²) in [4.78, 5) is 20.1. The van der Waals surface area contributed by atoms with E-state index in [1.807, 2.05) is 13.0 Å². The summed E-state index contributed by atoms with van der Waals surface area (Å²) in [5, 5.41) is 6.93. The Morgan fingerprint density at radius 3 is 2.46 bits per heavy atom. The van der Waals surface area contributed by atoms with E-state index in [0.717, 1.165) is 25.3 Å². The van der Waals surface area contributed by atoms with E-state index < -0.39 is 0 Å². The molecule has 0 aliphatic carbocycles. The van der Waals surface area contributed by atoms with Gasteiger partial charge < -0.3 is 25.2 Å². The highest BCUT2D eigenvalue weighted by Crippen LogP contribution is 2.17. The van der Waals surface area contributed by atoms with Gasteiger partial charge in [-0.25, -0.2) is 4.79 Å². The molecule has 0 radical (unpaired) electrons. The number of guanidine groups is 1. The molecule has 2 N–H and O–H groups in total. The van der Waals surface area contributed by atoms with Crippen LogP contribution in [0.2, 0.25) is 0 Å². The zero-order chi connectivity index (χ0) is 19.6. The monoisotopic (exact) mass is 503 g/mol. The van der Waals surface area contributed by atoms with E-state index in [4.69, 9.17) is 4.74 Å². The fourth-order valence-electron chi connectivity index (χ4n) is 3.28. The number of aliphatic imine (C=N–C) groups is 1. The molecule has 1 atom stereocenters. The molecule has 8 heteroatoms. The molecule has 0 aromatic heterocycles. The van der Waals surface area contributed by atoms with Crippen LogP contribution in [0.5, 0.6) is 0 Å². The summed E-state index contributed by atoms with van der Waals surface area (Å²) in [6.45, 7) is 4.42. The van der Waals surface area contributed by atoms with Crippen LogP contribution < -0.4 is 10.6 Å². The van der Waals surface area contributed by atoms with Crippen molar-refractivity contribution in [3.05, 3.63) is 35.9 Å². The molecular weight excluding hydrogens is 469 g/mol. The number of hydrogen-bond donors (Lipinski definition) is 2. The lowest BCUT2D eigenvalue weighted by Crippen LogP contribution is -2.50. The number of benzene rings is 1. The van der Waals surface area contributed by atoms with Crippen LogP contribution in [0.25, 0.3) is 0 Å². The first kappa shape index (κ1) is 24.5. The van der Waals surface area contributed by atoms with Crippen LogP contribution >= 0.6 is 24.0 Å². The second-order valence-corrected chi connectivity index (χ2v) is 6.95. The van der Waals surface area contributed by atoms with Crippen molar-refractivity contribution in [2.45, 2.75) is 31.8 Å². The molecule has 1 amide bonds. The van der Waals surface area contributed by atoms with E-state index in [0.29, 0.717) is 25.7 Å². The summed E-state index contributed by atoms with van der Waals surface area (Å²) in [6, 6.07) is 11.0. The van der Waals surface area contributed by atoms with Crippen LogP contribution in [0.4, 0.5) is 4.79 Å². The van der Waals surface area contributed by atoms with Gasteiger partial charge in [0.2, 0.25) is 0 Å². The van der Waals surface area contributed by atoms with E-state index in [1.54, 1.807) is 11.9 Å². The van der Waals surface area contributed by atoms with Gasteiger partial charge >= 0.3 is 6.09 Å². The van der Waals surface area contributed by atoms with Gasteiger partial charge in [0.05, 0.1) is 12.6 Å². The second-order valence-electron chi connectivity index (χ2n) is 6.95. The minimum atomic E-state index is -0.213. The fourth-order valence-corrected chi connectivity index (χ4v) is 3.28. The summed E-state index contributed by atoms with van der Waals surface area (Å²) in [6.07, 6.45) is 1.56. The number of nitrogens with one attached hydrogen (secondary N) is 2. The molecule has 2 rings (SSSR count). The summed E-state index contributed by atoms with van der Waals surface area (Å²) >= 11 is 0. The Morgan fingerprint density at radius 2 is 1.93 bits per heavy atom. The SMILES string of the molecule is CCOC(=O)N1CCC(NC(=NC)NCC(c2ccccc2)N(C)C)CC1.I. The van der Waals surface area contributed by atoms with E-state index >= 15 is 0 Å². The van der Waals surface area contributed by atoms with Crippen molar-refractivity contribution in [1.29, 1.82) is 0 Å². The van der Waals surface area contributed by atoms with Crippen LogP contribution in [0.1, 0.15) is 31.4 Å². The number of likely N-dealkylation sites (tertiary alicyclic amines) is 1. The Labute approximate surface area is 185 Å². The molecule has 0 saturated carbocycles. The molecular formula is C20H34IN5O2. The number of ether oxygens (including phenoxy) is 1. The van der Waals surface area contributed by atoms with Crippen molar-refractivity contribution in [1.82, 2.24) is 20.4 Å². The first-order chi connectivity index (χ1) is 13.0. The molecule has 28 heavy (non-hydrogen) atoms. The molecule has 158 valence electrons. The summed E-state index contributed by atoms with van der Waals surface area (Å²) in [5.74, 6) is 0.798. The third kappa shape index (κ3) is 7.46. The van der Waals surface area contributed by atoms with Gasteiger partial charge in [0.15, 0.2) is 5.96 Å². The Kier molecular flexibility index (Phi) is 11.2. The largest absolute Gasteiger partial charge is 0.450 e. The zero-order valence-corrected chi connectivity index (χ0v) is 19.7. The fraction of sp³-hybridized carbons (Fsp3) is 0.600. The lowest BCUT2D eigenvalue weighted by Gasteiger charge is -2.33. The number of carbonyl (C=O) groups is 1. The van der Waals surface area contributed by atoms with Crippen molar-refractivity contribution < 1.29 is 9.53 Å². The Morgan fingerprint density at radius 1 is 1.29 bits per heavy atom. The van der Waals surface area contributed by atoms with Crippen molar-refractivity contribution >= 4 is 36.0 Å². The summed E-state index contributed by atoms with van der Waals surface area (Å²) in [5.41, 5.74) is 1.27. The van der Waals surface area contributed by atoms with Gasteiger partial charge in [-0.15, -0.1) is 24.0 Å². The highest BCUT2D eigenvalue weighted by molar-refractivity contribution is 14.0. The van der Waals surface area contributed by atoms with Crippen LogP contribution in [-0.2, 0) is 4.74 Å². The van der Waals surface area contributed by atoms with Gasteiger partial charge in [0.1, 0.15) is 0 Å². The molecule has 1 aliphatic rings. The average molecular weight is 503 g/mol. The van der Waals surface area contributed by atoms with Gasteiger partial charge in [-0.1, -0.05) is 30.3 Å². The lowest BCUT2D eigenvalue weighted by atomic mass is 10.1. The lowest BCUT2D eigenvalue weighted by molar-refractivity contribution is 0.0963. The second kappa shape index (κ2) is 12.8. The van der Waals surface area contributed by atoms with E-state index in [9.17, 15) is 4.79 Å². The van der Waals surface area contributed by atoms with E-state index in [-0.39, 0.29) is 36.1 Å². The Bertz CT molecular complexity index is 604. The van der Waals surface area contributed by atoms with Crippen LogP contribution in [0.3, 0.4) is 0 Å². The van der Waals surface area contributed by atoms with Crippen molar-refractivity contribution in [3.8, 4) is 0 Å². The average Bonchev–Trinajstić information content (AvgIpc) is 2.68. The van der Waals surface area contributed by atoms with Crippen LogP contribution in [0, 0.1) is 0 Å². The quantitative estimate of drug-likeness (QED) is 0.355. The first-order valence-electron chi connectivity index (χ1n) is 9.65. The molecule has 0 spiro atoms. The maximum absolute atomic E-state index is 11.8. The number of rotatable bonds is 6. The van der Waals surface area contributed by atoms with Gasteiger partial charge in [-0.3, -0.25) is 4.99 Å². The molecule has 1 unspecified atom stereocenters.